The zero-order valence-electron chi connectivity index (χ0n) is 43.4. The minimum absolute atomic E-state index is 0.196. The number of benzene rings is 9. The maximum absolute atomic E-state index is 9.75. The lowest BCUT2D eigenvalue weighted by atomic mass is 9.93. The van der Waals surface area contributed by atoms with E-state index in [0.717, 1.165) is 27.6 Å². The number of nitrogens with zero attached hydrogens (tertiary/aromatic N) is 1. The molecule has 0 bridgehead atoms. The Labute approximate surface area is 335 Å². The highest BCUT2D eigenvalue weighted by molar-refractivity contribution is 6.07. The Morgan fingerprint density at radius 2 is 1.04 bits per heavy atom. The van der Waals surface area contributed by atoms with Crippen LogP contribution in [0.4, 0.5) is 17.1 Å². The van der Waals surface area contributed by atoms with Gasteiger partial charge in [0, 0.05) is 27.8 Å². The fraction of sp³-hybridized carbons (Fsp3) is 0. The number of para-hydroxylation sites is 1. The van der Waals surface area contributed by atoms with Crippen molar-refractivity contribution in [2.24, 2.45) is 0 Å². The molecular weight excluding hydrogens is 655 g/mol. The van der Waals surface area contributed by atoms with Crippen LogP contribution in [-0.2, 0) is 0 Å². The average molecular weight is 705 g/mol. The molecule has 0 aliphatic heterocycles. The Balaban J connectivity index is 1.28. The fourth-order valence-electron chi connectivity index (χ4n) is 6.79. The summed E-state index contributed by atoms with van der Waals surface area (Å²) < 4.78 is 142. The molecule has 0 radical (unpaired) electrons. The van der Waals surface area contributed by atoms with E-state index in [2.05, 4.69) is 0 Å². The third-order valence-corrected chi connectivity index (χ3v) is 9.32. The second-order valence-electron chi connectivity index (χ2n) is 12.5. The monoisotopic (exact) mass is 704 g/mol. The van der Waals surface area contributed by atoms with Crippen LogP contribution < -0.4 is 4.90 Å². The van der Waals surface area contributed by atoms with E-state index in [9.17, 15) is 8.22 Å². The van der Waals surface area contributed by atoms with E-state index in [1.54, 1.807) is 17.0 Å². The van der Waals surface area contributed by atoms with E-state index >= 15 is 0 Å². The second kappa shape index (κ2) is 13.4. The van der Waals surface area contributed by atoms with Gasteiger partial charge in [-0.15, -0.1) is 0 Å². The molecule has 10 aromatic rings. The van der Waals surface area contributed by atoms with Gasteiger partial charge in [0.1, 0.15) is 11.2 Å². The summed E-state index contributed by atoms with van der Waals surface area (Å²) in [6, 6.07) is 26.9. The number of hydrogen-bond acceptors (Lipinski definition) is 2. The molecule has 0 N–H and O–H groups in total. The standard InChI is InChI=1S/C52H35NO/c1-4-13-37(14-5-1)45-21-12-19-40-23-24-41(33-48(40)45)36-25-27-42(28-26-36)53(44-30-32-52-50(35-44)47-20-10-11-22-51(47)54-52)43-29-31-46(38-15-6-2-7-16-38)49(34-43)39-17-8-3-9-18-39/h1-35H/i1D,4D,5D,12D,13D,14D,19D,21D,23D,24D,25D,26D,27D,28D,33D. The minimum atomic E-state index is -0.788. The number of furan rings is 1. The van der Waals surface area contributed by atoms with Crippen molar-refractivity contribution in [1.29, 1.82) is 0 Å². The molecule has 0 spiro atoms. The molecule has 1 aromatic heterocycles. The molecule has 0 aliphatic rings. The summed E-state index contributed by atoms with van der Waals surface area (Å²) in [4.78, 5) is 1.61. The lowest BCUT2D eigenvalue weighted by Gasteiger charge is -2.27. The van der Waals surface area contributed by atoms with Gasteiger partial charge in [0.15, 0.2) is 0 Å². The van der Waals surface area contributed by atoms with Crippen molar-refractivity contribution in [3.8, 4) is 44.5 Å². The summed E-state index contributed by atoms with van der Waals surface area (Å²) in [5, 5.41) is 0.527. The first-order chi connectivity index (χ1) is 33.0. The van der Waals surface area contributed by atoms with Gasteiger partial charge in [-0.05, 0) is 110 Å². The molecule has 9 aromatic carbocycles. The SMILES string of the molecule is [2H]c1c([2H])c([2H])c(-c2c([2H])c([2H])c([2H])c3c([2H])c([2H])c(-c4c([2H])c([2H])c(N(c5ccc(-c6ccccc6)c(-c6ccccc6)c5)c5ccc6oc7ccccc7c6c5)c([2H])c4[2H])c([2H])c23)c([2H])c1[2H]. The predicted molar refractivity (Wildman–Crippen MR) is 228 cm³/mol. The van der Waals surface area contributed by atoms with Crippen molar-refractivity contribution in [2.75, 3.05) is 4.90 Å². The van der Waals surface area contributed by atoms with E-state index in [0.29, 0.717) is 27.9 Å². The van der Waals surface area contributed by atoms with Gasteiger partial charge in [-0.2, -0.15) is 0 Å². The van der Waals surface area contributed by atoms with Crippen molar-refractivity contribution in [1.82, 2.24) is 0 Å². The van der Waals surface area contributed by atoms with Crippen molar-refractivity contribution in [2.45, 2.75) is 0 Å². The van der Waals surface area contributed by atoms with E-state index in [-0.39, 0.29) is 5.69 Å². The van der Waals surface area contributed by atoms with Gasteiger partial charge in [0.2, 0.25) is 0 Å². The van der Waals surface area contributed by atoms with Gasteiger partial charge in [-0.1, -0.05) is 157 Å². The third kappa shape index (κ3) is 5.71. The zero-order chi connectivity index (χ0) is 48.9. The molecule has 0 atom stereocenters. The Hall–Kier alpha value is -7.16. The van der Waals surface area contributed by atoms with Crippen molar-refractivity contribution in [3.05, 3.63) is 212 Å². The van der Waals surface area contributed by atoms with E-state index in [4.69, 9.17) is 16.8 Å². The van der Waals surface area contributed by atoms with Crippen LogP contribution in [0.5, 0.6) is 0 Å². The van der Waals surface area contributed by atoms with Crippen LogP contribution in [0.3, 0.4) is 0 Å². The first kappa shape index (κ1) is 19.6. The number of fused-ring (bicyclic) bond motifs is 4. The molecule has 54 heavy (non-hydrogen) atoms. The third-order valence-electron chi connectivity index (χ3n) is 9.32. The Bertz CT molecular complexity index is 3740. The molecule has 254 valence electrons. The fourth-order valence-corrected chi connectivity index (χ4v) is 6.79. The number of anilines is 3. The van der Waals surface area contributed by atoms with E-state index < -0.39 is 124 Å². The largest absolute Gasteiger partial charge is 0.456 e. The smallest absolute Gasteiger partial charge is 0.135 e. The Kier molecular flexibility index (Phi) is 4.88. The van der Waals surface area contributed by atoms with Gasteiger partial charge >= 0.3 is 0 Å². The van der Waals surface area contributed by atoms with Crippen LogP contribution in [-0.4, -0.2) is 0 Å². The summed E-state index contributed by atoms with van der Waals surface area (Å²) in [7, 11) is 0. The molecule has 0 unspecified atom stereocenters. The van der Waals surface area contributed by atoms with E-state index in [1.807, 2.05) is 109 Å². The van der Waals surface area contributed by atoms with Crippen LogP contribution in [0.25, 0.3) is 77.2 Å². The molecule has 10 rings (SSSR count). The second-order valence-corrected chi connectivity index (χ2v) is 12.5. The first-order valence-electron chi connectivity index (χ1n) is 24.7. The van der Waals surface area contributed by atoms with Gasteiger partial charge in [0.25, 0.3) is 0 Å². The summed E-state index contributed by atoms with van der Waals surface area (Å²) in [5.41, 5.74) is 3.12. The van der Waals surface area contributed by atoms with Crippen LogP contribution >= 0.6 is 0 Å². The maximum atomic E-state index is 9.75. The van der Waals surface area contributed by atoms with Crippen LogP contribution in [0.1, 0.15) is 20.6 Å². The van der Waals surface area contributed by atoms with Gasteiger partial charge in [0.05, 0.1) is 20.6 Å². The molecule has 0 saturated carbocycles. The van der Waals surface area contributed by atoms with Crippen LogP contribution in [0.2, 0.25) is 0 Å². The normalized spacial score (nSPS) is 15.2. The highest BCUT2D eigenvalue weighted by Crippen LogP contribution is 2.43. The molecule has 0 amide bonds. The lowest BCUT2D eigenvalue weighted by molar-refractivity contribution is 0.669. The highest BCUT2D eigenvalue weighted by atomic mass is 16.3. The van der Waals surface area contributed by atoms with Gasteiger partial charge in [-0.25, -0.2) is 0 Å². The summed E-state index contributed by atoms with van der Waals surface area (Å²) in [5.74, 6) is 0. The van der Waals surface area contributed by atoms with Gasteiger partial charge < -0.3 is 9.32 Å². The quantitative estimate of drug-likeness (QED) is 0.164. The zero-order valence-corrected chi connectivity index (χ0v) is 28.4. The molecule has 0 fully saturated rings. The minimum Gasteiger partial charge on any atom is -0.456 e. The Morgan fingerprint density at radius 3 is 1.83 bits per heavy atom. The average Bonchev–Trinajstić information content (AvgIpc) is 3.74. The van der Waals surface area contributed by atoms with E-state index in [1.165, 1.54) is 0 Å². The molecule has 0 aliphatic carbocycles. The van der Waals surface area contributed by atoms with Crippen molar-refractivity contribution in [3.63, 3.8) is 0 Å². The Morgan fingerprint density at radius 1 is 0.370 bits per heavy atom. The summed E-state index contributed by atoms with van der Waals surface area (Å²) in [6.07, 6.45) is 0. The van der Waals surface area contributed by atoms with Crippen molar-refractivity contribution >= 4 is 49.8 Å². The molecule has 2 nitrogen and oxygen atoms in total. The highest BCUT2D eigenvalue weighted by Gasteiger charge is 2.18. The molecule has 2 heteroatoms. The number of hydrogen-bond donors (Lipinski definition) is 0. The summed E-state index contributed by atoms with van der Waals surface area (Å²) in [6.45, 7) is 0. The maximum Gasteiger partial charge on any atom is 0.135 e. The first-order valence-corrected chi connectivity index (χ1v) is 17.2. The molecule has 1 heterocycles. The predicted octanol–water partition coefficient (Wildman–Crippen LogP) is 14.9. The van der Waals surface area contributed by atoms with Crippen LogP contribution in [0.15, 0.2) is 216 Å². The summed E-state index contributed by atoms with van der Waals surface area (Å²) >= 11 is 0. The van der Waals surface area contributed by atoms with Crippen molar-refractivity contribution < 1.29 is 25.0 Å². The topological polar surface area (TPSA) is 16.4 Å². The van der Waals surface area contributed by atoms with Crippen LogP contribution in [0, 0.1) is 0 Å². The van der Waals surface area contributed by atoms with Gasteiger partial charge in [-0.3, -0.25) is 0 Å². The molecule has 0 saturated heterocycles. The lowest BCUT2D eigenvalue weighted by Crippen LogP contribution is -2.10. The molecular formula is C52H35NO. The number of rotatable bonds is 7.